The molecule has 0 N–H and O–H groups in total. The van der Waals surface area contributed by atoms with Gasteiger partial charge in [0.2, 0.25) is 0 Å². The molecule has 0 atom stereocenters. The first kappa shape index (κ1) is 24.2. The van der Waals surface area contributed by atoms with Gasteiger partial charge in [-0.15, -0.1) is 0 Å². The summed E-state index contributed by atoms with van der Waals surface area (Å²) in [5.74, 6) is 1.98. The van der Waals surface area contributed by atoms with Gasteiger partial charge in [-0.05, 0) is 49.5 Å². The maximum Gasteiger partial charge on any atom is 0.165 e. The van der Waals surface area contributed by atoms with Crippen molar-refractivity contribution in [2.24, 2.45) is 0 Å². The van der Waals surface area contributed by atoms with E-state index in [0.29, 0.717) is 17.5 Å². The minimum atomic E-state index is 0.659. The molecule has 8 rings (SSSR count). The molecule has 0 saturated carbocycles. The molecule has 0 aliphatic rings. The third-order valence-corrected chi connectivity index (χ3v) is 7.89. The molecule has 0 saturated heterocycles. The van der Waals surface area contributed by atoms with E-state index in [2.05, 4.69) is 91.0 Å². The van der Waals surface area contributed by atoms with Crippen LogP contribution in [0.3, 0.4) is 0 Å². The monoisotopic (exact) mass is 535 g/mol. The van der Waals surface area contributed by atoms with E-state index in [0.717, 1.165) is 27.5 Å². The highest BCUT2D eigenvalue weighted by Crippen LogP contribution is 2.43. The molecule has 1 aromatic heterocycles. The normalized spacial score (nSPS) is 11.3. The average molecular weight is 536 g/mol. The van der Waals surface area contributed by atoms with Crippen LogP contribution in [0.1, 0.15) is 0 Å². The number of rotatable bonds is 4. The lowest BCUT2D eigenvalue weighted by Gasteiger charge is -2.18. The van der Waals surface area contributed by atoms with Crippen LogP contribution in [-0.2, 0) is 0 Å². The molecule has 0 unspecified atom stereocenters. The first-order chi connectivity index (χ1) is 20.8. The topological polar surface area (TPSA) is 38.7 Å². The van der Waals surface area contributed by atoms with Gasteiger partial charge in [0, 0.05) is 16.7 Å². The first-order valence-electron chi connectivity index (χ1n) is 14.1. The molecular weight excluding hydrogens is 510 g/mol. The smallest absolute Gasteiger partial charge is 0.165 e. The minimum Gasteiger partial charge on any atom is -0.208 e. The summed E-state index contributed by atoms with van der Waals surface area (Å²) in [6.45, 7) is 0. The van der Waals surface area contributed by atoms with Crippen molar-refractivity contribution in [1.82, 2.24) is 15.0 Å². The van der Waals surface area contributed by atoms with Crippen molar-refractivity contribution in [2.75, 3.05) is 0 Å². The molecule has 0 fully saturated rings. The van der Waals surface area contributed by atoms with Crippen LogP contribution < -0.4 is 0 Å². The van der Waals surface area contributed by atoms with Gasteiger partial charge in [0.1, 0.15) is 0 Å². The molecule has 1 heterocycles. The summed E-state index contributed by atoms with van der Waals surface area (Å²) in [4.78, 5) is 15.2. The lowest BCUT2D eigenvalue weighted by molar-refractivity contribution is 1.08. The van der Waals surface area contributed by atoms with E-state index in [1.54, 1.807) is 0 Å². The fourth-order valence-electron chi connectivity index (χ4n) is 5.95. The summed E-state index contributed by atoms with van der Waals surface area (Å²) < 4.78 is 0. The van der Waals surface area contributed by atoms with E-state index in [-0.39, 0.29) is 0 Å². The van der Waals surface area contributed by atoms with E-state index in [1.165, 1.54) is 32.7 Å². The van der Waals surface area contributed by atoms with Gasteiger partial charge in [-0.2, -0.15) is 0 Å². The number of nitrogens with zero attached hydrogens (tertiary/aromatic N) is 3. The van der Waals surface area contributed by atoms with Crippen LogP contribution in [0.5, 0.6) is 0 Å². The number of hydrogen-bond acceptors (Lipinski definition) is 3. The zero-order valence-corrected chi connectivity index (χ0v) is 22.8. The van der Waals surface area contributed by atoms with Crippen LogP contribution in [0.15, 0.2) is 152 Å². The molecule has 3 heteroatoms. The standard InChI is InChI=1S/C39H25N3/c1-3-14-27(15-4-1)37-40-38(28-16-5-2-6-17-28)42-39(41-37)36-33-21-11-9-19-31(33)35(32-20-10-12-22-34(32)36)30-24-23-26-13-7-8-18-29(26)25-30/h1-25H. The van der Waals surface area contributed by atoms with E-state index < -0.39 is 0 Å². The van der Waals surface area contributed by atoms with Crippen LogP contribution in [0.2, 0.25) is 0 Å². The van der Waals surface area contributed by atoms with Gasteiger partial charge in [0.05, 0.1) is 0 Å². The molecule has 0 aliphatic heterocycles. The van der Waals surface area contributed by atoms with E-state index in [9.17, 15) is 0 Å². The molecule has 42 heavy (non-hydrogen) atoms. The third-order valence-electron chi connectivity index (χ3n) is 7.89. The largest absolute Gasteiger partial charge is 0.208 e. The Hall–Kier alpha value is -5.67. The molecule has 7 aromatic carbocycles. The number of aromatic nitrogens is 3. The molecular formula is C39H25N3. The first-order valence-corrected chi connectivity index (χ1v) is 14.1. The quantitative estimate of drug-likeness (QED) is 0.211. The van der Waals surface area contributed by atoms with Crippen LogP contribution in [0, 0.1) is 0 Å². The summed E-state index contributed by atoms with van der Waals surface area (Å²) in [5, 5.41) is 7.03. The Balaban J connectivity index is 1.46. The van der Waals surface area contributed by atoms with Gasteiger partial charge < -0.3 is 0 Å². The lowest BCUT2D eigenvalue weighted by atomic mass is 9.87. The van der Waals surface area contributed by atoms with Crippen LogP contribution >= 0.6 is 0 Å². The Morgan fingerprint density at radius 3 is 1.26 bits per heavy atom. The number of fused-ring (bicyclic) bond motifs is 3. The Kier molecular flexibility index (Phi) is 5.79. The Morgan fingerprint density at radius 1 is 0.286 bits per heavy atom. The highest BCUT2D eigenvalue weighted by Gasteiger charge is 2.20. The summed E-state index contributed by atoms with van der Waals surface area (Å²) >= 11 is 0. The number of benzene rings is 7. The predicted molar refractivity (Wildman–Crippen MR) is 174 cm³/mol. The average Bonchev–Trinajstić information content (AvgIpc) is 3.07. The molecule has 0 bridgehead atoms. The van der Waals surface area contributed by atoms with Gasteiger partial charge >= 0.3 is 0 Å². The molecule has 0 radical (unpaired) electrons. The molecule has 0 amide bonds. The van der Waals surface area contributed by atoms with Gasteiger partial charge in [-0.25, -0.2) is 15.0 Å². The summed E-state index contributed by atoms with van der Waals surface area (Å²) in [7, 11) is 0. The minimum absolute atomic E-state index is 0.659. The van der Waals surface area contributed by atoms with E-state index in [1.807, 2.05) is 60.7 Å². The molecule has 8 aromatic rings. The third kappa shape index (κ3) is 4.11. The zero-order valence-electron chi connectivity index (χ0n) is 22.8. The van der Waals surface area contributed by atoms with Gasteiger partial charge in [-0.3, -0.25) is 0 Å². The van der Waals surface area contributed by atoms with Crippen molar-refractivity contribution in [2.45, 2.75) is 0 Å². The highest BCUT2D eigenvalue weighted by molar-refractivity contribution is 6.21. The second-order valence-corrected chi connectivity index (χ2v) is 10.4. The fourth-order valence-corrected chi connectivity index (χ4v) is 5.95. The maximum atomic E-state index is 5.12. The zero-order chi connectivity index (χ0) is 27.9. The van der Waals surface area contributed by atoms with Crippen molar-refractivity contribution in [1.29, 1.82) is 0 Å². The molecule has 0 aliphatic carbocycles. The summed E-state index contributed by atoms with van der Waals surface area (Å²) in [6, 6.07) is 52.8. The molecule has 196 valence electrons. The van der Waals surface area contributed by atoms with Crippen LogP contribution in [0.25, 0.3) is 77.6 Å². The van der Waals surface area contributed by atoms with Gasteiger partial charge in [0.25, 0.3) is 0 Å². The molecule has 0 spiro atoms. The van der Waals surface area contributed by atoms with Gasteiger partial charge in [-0.1, -0.05) is 146 Å². The SMILES string of the molecule is c1ccc(-c2nc(-c3ccccc3)nc(-c3c4ccccc4c(-c4ccc5ccccc5c4)c4ccccc34)n2)cc1. The second kappa shape index (κ2) is 10.1. The summed E-state index contributed by atoms with van der Waals surface area (Å²) in [5.41, 5.74) is 5.34. The Bertz CT molecular complexity index is 2120. The Labute approximate surface area is 243 Å². The fraction of sp³-hybridized carbons (Fsp3) is 0. The van der Waals surface area contributed by atoms with E-state index in [4.69, 9.17) is 15.0 Å². The van der Waals surface area contributed by atoms with Crippen molar-refractivity contribution in [3.05, 3.63) is 152 Å². The molecule has 3 nitrogen and oxygen atoms in total. The van der Waals surface area contributed by atoms with Crippen molar-refractivity contribution in [3.63, 3.8) is 0 Å². The van der Waals surface area contributed by atoms with Crippen LogP contribution in [0.4, 0.5) is 0 Å². The highest BCUT2D eigenvalue weighted by atomic mass is 15.0. The van der Waals surface area contributed by atoms with Crippen molar-refractivity contribution in [3.8, 4) is 45.3 Å². The van der Waals surface area contributed by atoms with Crippen molar-refractivity contribution < 1.29 is 0 Å². The second-order valence-electron chi connectivity index (χ2n) is 10.4. The van der Waals surface area contributed by atoms with Crippen molar-refractivity contribution >= 4 is 32.3 Å². The van der Waals surface area contributed by atoms with E-state index >= 15 is 0 Å². The predicted octanol–water partition coefficient (Wildman–Crippen LogP) is 10.00. The number of hydrogen-bond donors (Lipinski definition) is 0. The van der Waals surface area contributed by atoms with Gasteiger partial charge in [0.15, 0.2) is 17.5 Å². The summed E-state index contributed by atoms with van der Waals surface area (Å²) in [6.07, 6.45) is 0. The lowest BCUT2D eigenvalue weighted by Crippen LogP contribution is -2.01. The van der Waals surface area contributed by atoms with Crippen LogP contribution in [-0.4, -0.2) is 15.0 Å². The maximum absolute atomic E-state index is 5.12. The Morgan fingerprint density at radius 2 is 0.714 bits per heavy atom.